The second kappa shape index (κ2) is 10.6. The predicted molar refractivity (Wildman–Crippen MR) is 137 cm³/mol. The number of aliphatic hydroxyl groups is 1. The van der Waals surface area contributed by atoms with Gasteiger partial charge in [0.25, 0.3) is 5.91 Å². The minimum atomic E-state index is -0.457. The van der Waals surface area contributed by atoms with E-state index in [0.717, 1.165) is 43.2 Å². The third kappa shape index (κ3) is 5.31. The smallest absolute Gasteiger partial charge is 0.270 e. The Hall–Kier alpha value is -3.59. The Morgan fingerprint density at radius 1 is 1.28 bits per heavy atom. The first-order valence-electron chi connectivity index (χ1n) is 12.0. The fourth-order valence-corrected chi connectivity index (χ4v) is 5.46. The van der Waals surface area contributed by atoms with Gasteiger partial charge < -0.3 is 21.1 Å². The number of rotatable bonds is 7. The number of β-amino-alcohol motifs (C(OH)–C–C–N with tert-alkyl or cyclic N) is 1. The second-order valence-corrected chi connectivity index (χ2v) is 10.4. The van der Waals surface area contributed by atoms with Crippen LogP contribution in [0.15, 0.2) is 36.7 Å². The zero-order chi connectivity index (χ0) is 25.1. The van der Waals surface area contributed by atoms with Crippen molar-refractivity contribution in [1.29, 1.82) is 5.26 Å². The fourth-order valence-electron chi connectivity index (χ4n) is 4.52. The molecule has 0 saturated carbocycles. The third-order valence-electron chi connectivity index (χ3n) is 6.61. The van der Waals surface area contributed by atoms with E-state index < -0.39 is 6.10 Å². The molecule has 0 unspecified atom stereocenters. The maximum Gasteiger partial charge on any atom is 0.270 e. The van der Waals surface area contributed by atoms with Crippen molar-refractivity contribution in [3.8, 4) is 16.8 Å². The Morgan fingerprint density at radius 3 is 2.78 bits per heavy atom. The van der Waals surface area contributed by atoms with Crippen LogP contribution in [0, 0.1) is 17.2 Å². The number of nitriles is 1. The molecule has 2 aliphatic heterocycles. The van der Waals surface area contributed by atoms with Crippen LogP contribution in [0.1, 0.15) is 33.8 Å². The Labute approximate surface area is 213 Å². The van der Waals surface area contributed by atoms with Crippen LogP contribution >= 0.6 is 11.3 Å². The average Bonchev–Trinajstić information content (AvgIpc) is 3.35. The molecule has 5 heterocycles. The maximum absolute atomic E-state index is 12.8. The highest BCUT2D eigenvalue weighted by Gasteiger charge is 2.30. The van der Waals surface area contributed by atoms with E-state index in [1.807, 2.05) is 24.4 Å². The first-order valence-corrected chi connectivity index (χ1v) is 12.8. The molecule has 3 aromatic heterocycles. The number of amides is 1. The first kappa shape index (κ1) is 24.1. The van der Waals surface area contributed by atoms with Crippen LogP contribution in [0.5, 0.6) is 0 Å². The lowest BCUT2D eigenvalue weighted by atomic mass is 9.96. The molecule has 0 radical (unpaired) electrons. The van der Waals surface area contributed by atoms with Crippen LogP contribution in [0.25, 0.3) is 10.7 Å². The molecule has 3 aromatic rings. The lowest BCUT2D eigenvalue weighted by Crippen LogP contribution is -2.51. The number of carbonyl (C=O) groups is 1. The zero-order valence-electron chi connectivity index (χ0n) is 19.8. The number of likely N-dealkylation sites (tertiary alicyclic amines) is 1. The van der Waals surface area contributed by atoms with Gasteiger partial charge in [0.1, 0.15) is 28.2 Å². The zero-order valence-corrected chi connectivity index (χ0v) is 20.6. The molecule has 0 bridgehead atoms. The van der Waals surface area contributed by atoms with E-state index in [-0.39, 0.29) is 22.9 Å². The Bertz CT molecular complexity index is 1260. The summed E-state index contributed by atoms with van der Waals surface area (Å²) < 4.78 is 0. The topological polar surface area (TPSA) is 144 Å². The van der Waals surface area contributed by atoms with Crippen LogP contribution in [-0.4, -0.2) is 69.7 Å². The Balaban J connectivity index is 1.12. The number of hydrogen-bond donors (Lipinski definition) is 3. The summed E-state index contributed by atoms with van der Waals surface area (Å²) in [5, 5.41) is 23.0. The van der Waals surface area contributed by atoms with Gasteiger partial charge in [0.15, 0.2) is 0 Å². The number of nitrogen functional groups attached to an aromatic ring is 1. The molecule has 5 rings (SSSR count). The maximum atomic E-state index is 12.8. The largest absolute Gasteiger partial charge is 0.397 e. The number of nitrogens with two attached hydrogens (primary N) is 1. The predicted octanol–water partition coefficient (Wildman–Crippen LogP) is 1.88. The number of hydrogen-bond acceptors (Lipinski definition) is 10. The number of nitrogens with one attached hydrogen (secondary N) is 1. The number of nitrogens with zero attached hydrogens (tertiary/aromatic N) is 6. The molecule has 0 atom stereocenters. The van der Waals surface area contributed by atoms with Gasteiger partial charge in [-0.3, -0.25) is 14.7 Å². The number of piperidine rings is 1. The van der Waals surface area contributed by atoms with Gasteiger partial charge in [0, 0.05) is 43.4 Å². The van der Waals surface area contributed by atoms with Crippen molar-refractivity contribution in [3.63, 3.8) is 0 Å². The summed E-state index contributed by atoms with van der Waals surface area (Å²) in [6.07, 6.45) is 5.25. The average molecular weight is 505 g/mol. The van der Waals surface area contributed by atoms with Crippen LogP contribution in [0.3, 0.4) is 0 Å². The Morgan fingerprint density at radius 2 is 2.08 bits per heavy atom. The summed E-state index contributed by atoms with van der Waals surface area (Å²) in [7, 11) is 0. The van der Waals surface area contributed by atoms with Crippen molar-refractivity contribution in [2.75, 3.05) is 43.4 Å². The van der Waals surface area contributed by atoms with Gasteiger partial charge in [-0.2, -0.15) is 5.26 Å². The standard InChI is InChI=1S/C25H28N8O2S/c26-10-19-20(27)9-22(31-23(19)33-13-17(34)14-33)24(35)29-11-16-4-7-32(8-5-16)15-18-12-30-25(36-18)21-3-1-2-6-28-21/h1-3,6,9,12,16-17,34H,4-5,7-8,11,13-15H2,(H2,27,31)(H,29,35). The molecule has 36 heavy (non-hydrogen) atoms. The number of anilines is 2. The van der Waals surface area contributed by atoms with Gasteiger partial charge in [-0.25, -0.2) is 9.97 Å². The number of pyridine rings is 2. The number of carbonyl (C=O) groups excluding carboxylic acids is 1. The minimum absolute atomic E-state index is 0.189. The molecule has 4 N–H and O–H groups in total. The monoisotopic (exact) mass is 504 g/mol. The van der Waals surface area contributed by atoms with E-state index in [9.17, 15) is 15.2 Å². The van der Waals surface area contributed by atoms with Gasteiger partial charge >= 0.3 is 0 Å². The fraction of sp³-hybridized carbons (Fsp3) is 0.400. The third-order valence-corrected chi connectivity index (χ3v) is 7.62. The number of aliphatic hydroxyl groups excluding tert-OH is 1. The molecular formula is C25H28N8O2S. The van der Waals surface area contributed by atoms with Gasteiger partial charge in [-0.15, -0.1) is 11.3 Å². The molecule has 0 aliphatic carbocycles. The summed E-state index contributed by atoms with van der Waals surface area (Å²) >= 11 is 1.68. The normalized spacial score (nSPS) is 16.9. The van der Waals surface area contributed by atoms with Crippen LogP contribution in [0.2, 0.25) is 0 Å². The van der Waals surface area contributed by atoms with Crippen molar-refractivity contribution >= 4 is 28.7 Å². The molecule has 186 valence electrons. The summed E-state index contributed by atoms with van der Waals surface area (Å²) in [6.45, 7) is 4.09. The van der Waals surface area contributed by atoms with Gasteiger partial charge in [0.2, 0.25) is 0 Å². The summed E-state index contributed by atoms with van der Waals surface area (Å²) in [5.41, 5.74) is 7.57. The van der Waals surface area contributed by atoms with Crippen LogP contribution < -0.4 is 16.0 Å². The molecule has 1 amide bonds. The van der Waals surface area contributed by atoms with E-state index in [4.69, 9.17) is 5.73 Å². The SMILES string of the molecule is N#Cc1c(N)cc(C(=O)NCC2CCN(Cc3cnc(-c4ccccn4)s3)CC2)nc1N1CC(O)C1. The highest BCUT2D eigenvalue weighted by Crippen LogP contribution is 2.28. The van der Waals surface area contributed by atoms with E-state index in [1.165, 1.54) is 10.9 Å². The van der Waals surface area contributed by atoms with E-state index in [2.05, 4.69) is 31.2 Å². The lowest BCUT2D eigenvalue weighted by molar-refractivity contribution is 0.0930. The molecular weight excluding hydrogens is 476 g/mol. The summed E-state index contributed by atoms with van der Waals surface area (Å²) in [4.78, 5) is 31.5. The van der Waals surface area contributed by atoms with E-state index in [1.54, 1.807) is 22.4 Å². The highest BCUT2D eigenvalue weighted by molar-refractivity contribution is 7.14. The van der Waals surface area contributed by atoms with Crippen molar-refractivity contribution in [1.82, 2.24) is 25.2 Å². The van der Waals surface area contributed by atoms with Crippen LogP contribution in [-0.2, 0) is 6.54 Å². The molecule has 11 heteroatoms. The van der Waals surface area contributed by atoms with Crippen molar-refractivity contribution < 1.29 is 9.90 Å². The number of aromatic nitrogens is 3. The van der Waals surface area contributed by atoms with E-state index in [0.29, 0.717) is 31.4 Å². The minimum Gasteiger partial charge on any atom is -0.397 e. The molecule has 0 spiro atoms. The van der Waals surface area contributed by atoms with Gasteiger partial charge in [-0.05, 0) is 50.0 Å². The summed E-state index contributed by atoms with van der Waals surface area (Å²) in [5.74, 6) is 0.439. The van der Waals surface area contributed by atoms with Gasteiger partial charge in [0.05, 0.1) is 17.5 Å². The lowest BCUT2D eigenvalue weighted by Gasteiger charge is -2.37. The van der Waals surface area contributed by atoms with Gasteiger partial charge in [-0.1, -0.05) is 6.07 Å². The Kier molecular flexibility index (Phi) is 7.09. The van der Waals surface area contributed by atoms with Crippen molar-refractivity contribution in [2.24, 2.45) is 5.92 Å². The van der Waals surface area contributed by atoms with Crippen molar-refractivity contribution in [2.45, 2.75) is 25.5 Å². The first-order chi connectivity index (χ1) is 17.5. The molecule has 2 fully saturated rings. The van der Waals surface area contributed by atoms with Crippen LogP contribution in [0.4, 0.5) is 11.5 Å². The summed E-state index contributed by atoms with van der Waals surface area (Å²) in [6, 6.07) is 9.35. The number of thiazole rings is 1. The second-order valence-electron chi connectivity index (χ2n) is 9.24. The van der Waals surface area contributed by atoms with Crippen molar-refractivity contribution in [3.05, 3.63) is 52.8 Å². The highest BCUT2D eigenvalue weighted by atomic mass is 32.1. The molecule has 2 aliphatic rings. The van der Waals surface area contributed by atoms with E-state index >= 15 is 0 Å². The molecule has 10 nitrogen and oxygen atoms in total. The quantitative estimate of drug-likeness (QED) is 0.439. The molecule has 0 aromatic carbocycles. The molecule has 2 saturated heterocycles.